The number of rotatable bonds is 2. The summed E-state index contributed by atoms with van der Waals surface area (Å²) in [5.41, 5.74) is 0.997. The molecule has 1 aliphatic heterocycles. The van der Waals surface area contributed by atoms with Gasteiger partial charge in [-0.25, -0.2) is 0 Å². The number of benzene rings is 1. The van der Waals surface area contributed by atoms with Gasteiger partial charge in [-0.3, -0.25) is 14.7 Å². The van der Waals surface area contributed by atoms with Gasteiger partial charge < -0.3 is 4.90 Å². The quantitative estimate of drug-likeness (QED) is 0.752. The lowest BCUT2D eigenvalue weighted by atomic mass is 10.2. The minimum Gasteiger partial charge on any atom is -0.346 e. The monoisotopic (exact) mass is 220 g/mol. The zero-order valence-electron chi connectivity index (χ0n) is 9.59. The molecule has 86 valence electrons. The first-order valence-corrected chi connectivity index (χ1v) is 5.39. The summed E-state index contributed by atoms with van der Waals surface area (Å²) in [6.45, 7) is 0.758. The summed E-state index contributed by atoms with van der Waals surface area (Å²) in [5.74, 6) is 0.0263. The van der Waals surface area contributed by atoms with Gasteiger partial charge in [-0.05, 0) is 12.1 Å². The number of hydrogen-bond acceptors (Lipinski definition) is 3. The molecule has 0 spiro atoms. The fourth-order valence-electron chi connectivity index (χ4n) is 1.73. The summed E-state index contributed by atoms with van der Waals surface area (Å²) in [6, 6.07) is 9.83. The third-order valence-electron chi connectivity index (χ3n) is 2.61. The molecule has 0 saturated carbocycles. The van der Waals surface area contributed by atoms with Crippen molar-refractivity contribution in [2.75, 3.05) is 25.7 Å². The molecule has 0 N–H and O–H groups in total. The van der Waals surface area contributed by atoms with E-state index in [4.69, 9.17) is 4.84 Å². The van der Waals surface area contributed by atoms with Crippen molar-refractivity contribution in [1.82, 2.24) is 4.90 Å². The zero-order chi connectivity index (χ0) is 11.5. The number of likely N-dealkylation sites (N-methyl/N-ethyl adjacent to an activating group) is 1. The Labute approximate surface area is 95.4 Å². The number of carbonyl (C=O) groups excluding carboxylic acids is 1. The van der Waals surface area contributed by atoms with Crippen molar-refractivity contribution < 1.29 is 9.63 Å². The highest BCUT2D eigenvalue weighted by molar-refractivity contribution is 5.81. The van der Waals surface area contributed by atoms with Gasteiger partial charge in [0.1, 0.15) is 0 Å². The van der Waals surface area contributed by atoms with Crippen LogP contribution in [-0.2, 0) is 9.63 Å². The summed E-state index contributed by atoms with van der Waals surface area (Å²) >= 11 is 0. The maximum absolute atomic E-state index is 11.7. The van der Waals surface area contributed by atoms with Crippen LogP contribution < -0.4 is 5.06 Å². The lowest BCUT2D eigenvalue weighted by molar-refractivity contribution is -0.138. The maximum atomic E-state index is 11.7. The largest absolute Gasteiger partial charge is 0.346 e. The number of hydroxylamine groups is 1. The Morgan fingerprint density at radius 2 is 2.06 bits per heavy atom. The molecule has 1 amide bonds. The molecule has 1 aromatic rings. The van der Waals surface area contributed by atoms with E-state index in [0.29, 0.717) is 0 Å². The van der Waals surface area contributed by atoms with Crippen LogP contribution in [-0.4, -0.2) is 37.6 Å². The minimum absolute atomic E-state index is 0.0263. The molecule has 4 heteroatoms. The van der Waals surface area contributed by atoms with Crippen LogP contribution in [0.4, 0.5) is 5.69 Å². The van der Waals surface area contributed by atoms with Crippen LogP contribution in [0.1, 0.15) is 6.42 Å². The number of anilines is 1. The predicted octanol–water partition coefficient (Wildman–Crippen LogP) is 1.29. The van der Waals surface area contributed by atoms with Crippen molar-refractivity contribution in [2.45, 2.75) is 12.5 Å². The number of hydrogen-bond donors (Lipinski definition) is 0. The molecular formula is C12H16N2O2. The van der Waals surface area contributed by atoms with Gasteiger partial charge in [0.25, 0.3) is 5.91 Å². The van der Waals surface area contributed by atoms with Crippen LogP contribution in [0.3, 0.4) is 0 Å². The number of carbonyl (C=O) groups is 1. The zero-order valence-corrected chi connectivity index (χ0v) is 9.59. The van der Waals surface area contributed by atoms with Gasteiger partial charge in [0.05, 0.1) is 5.69 Å². The smallest absolute Gasteiger partial charge is 0.254 e. The van der Waals surface area contributed by atoms with E-state index in [1.165, 1.54) is 0 Å². The average molecular weight is 220 g/mol. The number of nitrogens with zero attached hydrogens (tertiary/aromatic N) is 2. The van der Waals surface area contributed by atoms with Crippen molar-refractivity contribution in [2.24, 2.45) is 0 Å². The van der Waals surface area contributed by atoms with E-state index in [0.717, 1.165) is 18.7 Å². The molecule has 2 rings (SSSR count). The van der Waals surface area contributed by atoms with E-state index in [-0.39, 0.29) is 12.0 Å². The third-order valence-corrected chi connectivity index (χ3v) is 2.61. The van der Waals surface area contributed by atoms with Crippen molar-refractivity contribution in [3.63, 3.8) is 0 Å². The Bertz CT molecular complexity index is 365. The highest BCUT2D eigenvalue weighted by atomic mass is 16.7. The summed E-state index contributed by atoms with van der Waals surface area (Å²) < 4.78 is 0. The van der Waals surface area contributed by atoms with E-state index in [1.807, 2.05) is 30.3 Å². The second-order valence-electron chi connectivity index (χ2n) is 4.05. The molecule has 0 radical (unpaired) electrons. The molecule has 1 unspecified atom stereocenters. The van der Waals surface area contributed by atoms with Crippen molar-refractivity contribution >= 4 is 11.6 Å². The molecule has 1 aliphatic rings. The predicted molar refractivity (Wildman–Crippen MR) is 62.0 cm³/mol. The third kappa shape index (κ3) is 2.17. The van der Waals surface area contributed by atoms with Crippen molar-refractivity contribution in [1.29, 1.82) is 0 Å². The fourth-order valence-corrected chi connectivity index (χ4v) is 1.73. The topological polar surface area (TPSA) is 32.8 Å². The lowest BCUT2D eigenvalue weighted by Crippen LogP contribution is -2.34. The van der Waals surface area contributed by atoms with Crippen LogP contribution in [0.2, 0.25) is 0 Å². The Kier molecular flexibility index (Phi) is 3.10. The van der Waals surface area contributed by atoms with E-state index >= 15 is 0 Å². The molecule has 0 aromatic heterocycles. The number of amides is 1. The Morgan fingerprint density at radius 1 is 1.38 bits per heavy atom. The first-order valence-electron chi connectivity index (χ1n) is 5.39. The molecular weight excluding hydrogens is 204 g/mol. The van der Waals surface area contributed by atoms with Gasteiger partial charge in [-0.2, -0.15) is 0 Å². The first kappa shape index (κ1) is 11.0. The first-order chi connectivity index (χ1) is 7.68. The molecule has 1 heterocycles. The van der Waals surface area contributed by atoms with Crippen LogP contribution in [0, 0.1) is 0 Å². The second-order valence-corrected chi connectivity index (χ2v) is 4.05. The maximum Gasteiger partial charge on any atom is 0.254 e. The summed E-state index contributed by atoms with van der Waals surface area (Å²) in [7, 11) is 3.49. The van der Waals surface area contributed by atoms with Crippen LogP contribution >= 0.6 is 0 Å². The van der Waals surface area contributed by atoms with E-state index < -0.39 is 0 Å². The van der Waals surface area contributed by atoms with Crippen molar-refractivity contribution in [3.8, 4) is 0 Å². The normalized spacial score (nSPS) is 19.9. The van der Waals surface area contributed by atoms with Crippen molar-refractivity contribution in [3.05, 3.63) is 30.3 Å². The Morgan fingerprint density at radius 3 is 2.69 bits per heavy atom. The highest BCUT2D eigenvalue weighted by Crippen LogP contribution is 2.22. The molecule has 4 nitrogen and oxygen atoms in total. The Hall–Kier alpha value is -1.55. The molecule has 16 heavy (non-hydrogen) atoms. The van der Waals surface area contributed by atoms with Gasteiger partial charge in [0, 0.05) is 27.1 Å². The van der Waals surface area contributed by atoms with E-state index in [9.17, 15) is 4.79 Å². The van der Waals surface area contributed by atoms with E-state index in [1.54, 1.807) is 24.1 Å². The van der Waals surface area contributed by atoms with Crippen LogP contribution in [0.5, 0.6) is 0 Å². The molecule has 1 aromatic carbocycles. The summed E-state index contributed by atoms with van der Waals surface area (Å²) in [4.78, 5) is 18.9. The number of para-hydroxylation sites is 1. The highest BCUT2D eigenvalue weighted by Gasteiger charge is 2.30. The summed E-state index contributed by atoms with van der Waals surface area (Å²) in [6.07, 6.45) is 0.404. The summed E-state index contributed by atoms with van der Waals surface area (Å²) in [5, 5.41) is 1.78. The molecule has 1 saturated heterocycles. The molecule has 1 atom stereocenters. The van der Waals surface area contributed by atoms with Gasteiger partial charge >= 0.3 is 0 Å². The Balaban J connectivity index is 2.01. The van der Waals surface area contributed by atoms with Gasteiger partial charge in [-0.15, -0.1) is 0 Å². The van der Waals surface area contributed by atoms with Crippen LogP contribution in [0.25, 0.3) is 0 Å². The van der Waals surface area contributed by atoms with Gasteiger partial charge in [-0.1, -0.05) is 18.2 Å². The minimum atomic E-state index is -0.338. The lowest BCUT2D eigenvalue weighted by Gasteiger charge is -2.19. The van der Waals surface area contributed by atoms with E-state index in [2.05, 4.69) is 0 Å². The molecule has 1 fully saturated rings. The average Bonchev–Trinajstić information content (AvgIpc) is 2.78. The molecule has 0 aliphatic carbocycles. The van der Waals surface area contributed by atoms with Crippen LogP contribution in [0.15, 0.2) is 30.3 Å². The SMILES string of the molecule is CN(C)C(=O)C1CCN(c2ccccc2)O1. The second kappa shape index (κ2) is 4.53. The van der Waals surface area contributed by atoms with Gasteiger partial charge in [0.15, 0.2) is 6.10 Å². The fraction of sp³-hybridized carbons (Fsp3) is 0.417. The van der Waals surface area contributed by atoms with Gasteiger partial charge in [0.2, 0.25) is 0 Å². The standard InChI is InChI=1S/C12H16N2O2/c1-13(2)12(15)11-8-9-14(16-11)10-6-4-3-5-7-10/h3-7,11H,8-9H2,1-2H3. The molecule has 0 bridgehead atoms.